The van der Waals surface area contributed by atoms with E-state index in [1.807, 2.05) is 0 Å². The monoisotopic (exact) mass is 299 g/mol. The summed E-state index contributed by atoms with van der Waals surface area (Å²) < 4.78 is 0. The van der Waals surface area contributed by atoms with Crippen LogP contribution in [0, 0.1) is 0 Å². The van der Waals surface area contributed by atoms with Gasteiger partial charge in [0.2, 0.25) is 0 Å². The largest absolute Gasteiger partial charge is 0.345 e. The molecule has 4 rings (SSSR count). The predicted octanol–water partition coefficient (Wildman–Crippen LogP) is 5.57. The first-order chi connectivity index (χ1) is 11.4. The van der Waals surface area contributed by atoms with Crippen LogP contribution in [0.2, 0.25) is 0 Å². The van der Waals surface area contributed by atoms with Crippen LogP contribution in [0.25, 0.3) is 10.8 Å². The summed E-state index contributed by atoms with van der Waals surface area (Å²) in [6.45, 7) is 0. The molecule has 0 bridgehead atoms. The van der Waals surface area contributed by atoms with Crippen molar-refractivity contribution in [3.63, 3.8) is 0 Å². The standard InChI is InChI=1S/C22H21N/c1-2-12-20(13-3-1)23-16-7-6-14-21(23)17-19-11-8-10-18-9-4-5-15-22(18)19/h1-5,7-13,15-16,21H,6,14,17H2. The maximum absolute atomic E-state index is 2.44. The van der Waals surface area contributed by atoms with Gasteiger partial charge in [-0.2, -0.15) is 0 Å². The molecule has 1 nitrogen and oxygen atoms in total. The van der Waals surface area contributed by atoms with E-state index in [-0.39, 0.29) is 0 Å². The SMILES string of the molecule is C1=CN(c2ccccc2)C(Cc2cccc3ccccc23)CC1. The van der Waals surface area contributed by atoms with Crippen molar-refractivity contribution in [1.29, 1.82) is 0 Å². The van der Waals surface area contributed by atoms with Crippen molar-refractivity contribution in [2.75, 3.05) is 4.90 Å². The van der Waals surface area contributed by atoms with Crippen LogP contribution in [-0.4, -0.2) is 6.04 Å². The second-order valence-electron chi connectivity index (χ2n) is 6.20. The number of nitrogens with zero attached hydrogens (tertiary/aromatic N) is 1. The van der Waals surface area contributed by atoms with Crippen LogP contribution in [0.15, 0.2) is 85.1 Å². The first-order valence-corrected chi connectivity index (χ1v) is 8.38. The highest BCUT2D eigenvalue weighted by atomic mass is 15.1. The Labute approximate surface area is 137 Å². The number of anilines is 1. The van der Waals surface area contributed by atoms with Gasteiger partial charge in [-0.1, -0.05) is 66.7 Å². The number of para-hydroxylation sites is 1. The van der Waals surface area contributed by atoms with Gasteiger partial charge in [0, 0.05) is 17.9 Å². The van der Waals surface area contributed by atoms with E-state index in [1.165, 1.54) is 34.9 Å². The van der Waals surface area contributed by atoms with E-state index in [0.29, 0.717) is 6.04 Å². The van der Waals surface area contributed by atoms with Gasteiger partial charge in [0.25, 0.3) is 0 Å². The molecule has 3 aromatic rings. The molecule has 0 aromatic heterocycles. The highest BCUT2D eigenvalue weighted by molar-refractivity contribution is 5.85. The fourth-order valence-electron chi connectivity index (χ4n) is 3.56. The third-order valence-electron chi connectivity index (χ3n) is 4.72. The van der Waals surface area contributed by atoms with Crippen molar-refractivity contribution in [3.05, 3.63) is 90.6 Å². The second-order valence-corrected chi connectivity index (χ2v) is 6.20. The number of hydrogen-bond acceptors (Lipinski definition) is 1. The van der Waals surface area contributed by atoms with Gasteiger partial charge in [0.05, 0.1) is 0 Å². The Balaban J connectivity index is 1.67. The molecule has 0 spiro atoms. The van der Waals surface area contributed by atoms with Gasteiger partial charge in [-0.05, 0) is 47.7 Å². The van der Waals surface area contributed by atoms with Gasteiger partial charge in [0.1, 0.15) is 0 Å². The molecule has 0 saturated carbocycles. The number of fused-ring (bicyclic) bond motifs is 1. The van der Waals surface area contributed by atoms with Crippen LogP contribution in [0.1, 0.15) is 18.4 Å². The summed E-state index contributed by atoms with van der Waals surface area (Å²) in [7, 11) is 0. The summed E-state index contributed by atoms with van der Waals surface area (Å²) in [6, 6.07) is 26.6. The molecule has 1 heterocycles. The van der Waals surface area contributed by atoms with E-state index in [1.54, 1.807) is 0 Å². The van der Waals surface area contributed by atoms with Crippen molar-refractivity contribution < 1.29 is 0 Å². The number of benzene rings is 3. The molecule has 0 fully saturated rings. The lowest BCUT2D eigenvalue weighted by Crippen LogP contribution is -2.34. The average Bonchev–Trinajstić information content (AvgIpc) is 2.63. The quantitative estimate of drug-likeness (QED) is 0.611. The van der Waals surface area contributed by atoms with Gasteiger partial charge < -0.3 is 4.90 Å². The van der Waals surface area contributed by atoms with Crippen LogP contribution in [0.4, 0.5) is 5.69 Å². The maximum atomic E-state index is 2.44. The fraction of sp³-hybridized carbons (Fsp3) is 0.182. The molecular weight excluding hydrogens is 278 g/mol. The van der Waals surface area contributed by atoms with Crippen LogP contribution in [-0.2, 0) is 6.42 Å². The molecule has 1 heteroatoms. The van der Waals surface area contributed by atoms with Crippen LogP contribution < -0.4 is 4.90 Å². The van der Waals surface area contributed by atoms with Crippen molar-refractivity contribution >= 4 is 16.5 Å². The Morgan fingerprint density at radius 2 is 1.61 bits per heavy atom. The van der Waals surface area contributed by atoms with Gasteiger partial charge in [-0.25, -0.2) is 0 Å². The van der Waals surface area contributed by atoms with Gasteiger partial charge in [-0.15, -0.1) is 0 Å². The van der Waals surface area contributed by atoms with E-state index >= 15 is 0 Å². The van der Waals surface area contributed by atoms with Gasteiger partial charge in [-0.3, -0.25) is 0 Å². The molecule has 1 atom stereocenters. The summed E-state index contributed by atoms with van der Waals surface area (Å²) in [5.41, 5.74) is 2.73. The Hall–Kier alpha value is -2.54. The Morgan fingerprint density at radius 1 is 0.826 bits per heavy atom. The first-order valence-electron chi connectivity index (χ1n) is 8.38. The van der Waals surface area contributed by atoms with Crippen LogP contribution in [0.5, 0.6) is 0 Å². The minimum Gasteiger partial charge on any atom is -0.345 e. The fourth-order valence-corrected chi connectivity index (χ4v) is 3.56. The Bertz CT molecular complexity index is 814. The van der Waals surface area contributed by atoms with E-state index in [4.69, 9.17) is 0 Å². The normalized spacial score (nSPS) is 17.6. The lowest BCUT2D eigenvalue weighted by Gasteiger charge is -2.34. The van der Waals surface area contributed by atoms with Crippen LogP contribution >= 0.6 is 0 Å². The smallest absolute Gasteiger partial charge is 0.0408 e. The highest BCUT2D eigenvalue weighted by Crippen LogP contribution is 2.28. The molecule has 0 saturated heterocycles. The highest BCUT2D eigenvalue weighted by Gasteiger charge is 2.20. The van der Waals surface area contributed by atoms with E-state index in [2.05, 4.69) is 90.0 Å². The van der Waals surface area contributed by atoms with Gasteiger partial charge in [0.15, 0.2) is 0 Å². The molecule has 1 aliphatic rings. The third-order valence-corrected chi connectivity index (χ3v) is 4.72. The van der Waals surface area contributed by atoms with E-state index < -0.39 is 0 Å². The van der Waals surface area contributed by atoms with Crippen molar-refractivity contribution in [2.24, 2.45) is 0 Å². The molecule has 23 heavy (non-hydrogen) atoms. The molecule has 1 unspecified atom stereocenters. The molecule has 114 valence electrons. The number of allylic oxidation sites excluding steroid dienone is 1. The topological polar surface area (TPSA) is 3.24 Å². The average molecular weight is 299 g/mol. The summed E-state index contributed by atoms with van der Waals surface area (Å²) in [5.74, 6) is 0. The molecule has 0 amide bonds. The zero-order valence-electron chi connectivity index (χ0n) is 13.2. The summed E-state index contributed by atoms with van der Waals surface area (Å²) >= 11 is 0. The van der Waals surface area contributed by atoms with Crippen LogP contribution in [0.3, 0.4) is 0 Å². The minimum absolute atomic E-state index is 0.521. The number of rotatable bonds is 3. The van der Waals surface area contributed by atoms with Gasteiger partial charge >= 0.3 is 0 Å². The van der Waals surface area contributed by atoms with Crippen molar-refractivity contribution in [1.82, 2.24) is 0 Å². The Kier molecular flexibility index (Phi) is 3.85. The summed E-state index contributed by atoms with van der Waals surface area (Å²) in [5, 5.41) is 2.72. The summed E-state index contributed by atoms with van der Waals surface area (Å²) in [6.07, 6.45) is 8.00. The molecule has 3 aromatic carbocycles. The third kappa shape index (κ3) is 2.87. The predicted molar refractivity (Wildman–Crippen MR) is 98.7 cm³/mol. The zero-order valence-corrected chi connectivity index (χ0v) is 13.2. The summed E-state index contributed by atoms with van der Waals surface area (Å²) in [4.78, 5) is 2.44. The van der Waals surface area contributed by atoms with Crippen molar-refractivity contribution in [2.45, 2.75) is 25.3 Å². The number of hydrogen-bond donors (Lipinski definition) is 0. The lowest BCUT2D eigenvalue weighted by molar-refractivity contribution is 0.579. The molecule has 0 radical (unpaired) electrons. The first kappa shape index (κ1) is 14.1. The maximum Gasteiger partial charge on any atom is 0.0408 e. The zero-order chi connectivity index (χ0) is 15.5. The molecule has 0 N–H and O–H groups in total. The van der Waals surface area contributed by atoms with E-state index in [0.717, 1.165) is 6.42 Å². The molecule has 1 aliphatic heterocycles. The van der Waals surface area contributed by atoms with Crippen molar-refractivity contribution in [3.8, 4) is 0 Å². The van der Waals surface area contributed by atoms with E-state index in [9.17, 15) is 0 Å². The molecule has 0 aliphatic carbocycles. The Morgan fingerprint density at radius 3 is 2.52 bits per heavy atom. The minimum atomic E-state index is 0.521. The second kappa shape index (κ2) is 6.29. The lowest BCUT2D eigenvalue weighted by atomic mass is 9.94. The molecular formula is C22H21N.